The molecule has 1 aliphatic rings. The summed E-state index contributed by atoms with van der Waals surface area (Å²) in [5, 5.41) is 0. The van der Waals surface area contributed by atoms with Crippen LogP contribution in [0.2, 0.25) is 0 Å². The second kappa shape index (κ2) is 7.98. The van der Waals surface area contributed by atoms with Gasteiger partial charge in [-0.2, -0.15) is 4.99 Å². The molecule has 2 heterocycles. The van der Waals surface area contributed by atoms with Gasteiger partial charge in [-0.05, 0) is 31.9 Å². The Morgan fingerprint density at radius 1 is 1.21 bits per heavy atom. The van der Waals surface area contributed by atoms with Crippen LogP contribution in [0, 0.1) is 0 Å². The summed E-state index contributed by atoms with van der Waals surface area (Å²) in [6.45, 7) is 4.54. The van der Waals surface area contributed by atoms with E-state index in [9.17, 15) is 9.59 Å². The van der Waals surface area contributed by atoms with Crippen LogP contribution < -0.4 is 4.80 Å². The van der Waals surface area contributed by atoms with E-state index in [0.717, 1.165) is 47.5 Å². The average Bonchev–Trinajstić information content (AvgIpc) is 3.22. The molecule has 0 saturated carbocycles. The van der Waals surface area contributed by atoms with E-state index in [1.165, 1.54) is 23.1 Å². The lowest BCUT2D eigenvalue weighted by molar-refractivity contribution is -0.127. The van der Waals surface area contributed by atoms with Crippen LogP contribution in [0.15, 0.2) is 29.3 Å². The Labute approximate surface area is 149 Å². The van der Waals surface area contributed by atoms with Gasteiger partial charge in [-0.3, -0.25) is 9.59 Å². The van der Waals surface area contributed by atoms with Crippen molar-refractivity contribution in [3.8, 4) is 0 Å². The van der Waals surface area contributed by atoms with Gasteiger partial charge in [0, 0.05) is 19.6 Å². The van der Waals surface area contributed by atoms with Gasteiger partial charge < -0.3 is 9.47 Å². The van der Waals surface area contributed by atoms with Crippen molar-refractivity contribution < 1.29 is 9.59 Å². The van der Waals surface area contributed by atoms with Crippen molar-refractivity contribution in [1.29, 1.82) is 0 Å². The molecule has 5 nitrogen and oxygen atoms in total. The van der Waals surface area contributed by atoms with Crippen LogP contribution in [0.1, 0.15) is 19.8 Å². The van der Waals surface area contributed by atoms with E-state index in [4.69, 9.17) is 0 Å². The van der Waals surface area contributed by atoms with Gasteiger partial charge in [-0.1, -0.05) is 23.5 Å². The molecule has 1 fully saturated rings. The summed E-state index contributed by atoms with van der Waals surface area (Å²) >= 11 is 2.88. The Balaban J connectivity index is 1.63. The molecule has 0 atom stereocenters. The number of thioether (sulfide) groups is 1. The Hall–Kier alpha value is -1.60. The molecule has 0 spiro atoms. The van der Waals surface area contributed by atoms with Crippen LogP contribution in [0.3, 0.4) is 0 Å². The average molecular weight is 364 g/mol. The second-order valence-corrected chi connectivity index (χ2v) is 7.68. The maximum absolute atomic E-state index is 12.1. The van der Waals surface area contributed by atoms with Crippen molar-refractivity contribution in [1.82, 2.24) is 9.47 Å². The number of carbonyl (C=O) groups is 2. The predicted octanol–water partition coefficient (Wildman–Crippen LogP) is 2.51. The highest BCUT2D eigenvalue weighted by atomic mass is 32.2. The molecule has 0 aliphatic carbocycles. The van der Waals surface area contributed by atoms with Crippen LogP contribution in [0.4, 0.5) is 0 Å². The molecule has 0 N–H and O–H groups in total. The summed E-state index contributed by atoms with van der Waals surface area (Å²) in [4.78, 5) is 31.0. The fourth-order valence-electron chi connectivity index (χ4n) is 2.83. The molecule has 2 aromatic rings. The number of hydrogen-bond donors (Lipinski definition) is 0. The van der Waals surface area contributed by atoms with Crippen LogP contribution in [-0.4, -0.2) is 45.9 Å². The Morgan fingerprint density at radius 2 is 1.96 bits per heavy atom. The zero-order valence-electron chi connectivity index (χ0n) is 13.7. The van der Waals surface area contributed by atoms with Crippen molar-refractivity contribution in [3.05, 3.63) is 29.1 Å². The number of benzene rings is 1. The summed E-state index contributed by atoms with van der Waals surface area (Å²) in [6, 6.07) is 8.07. The highest BCUT2D eigenvalue weighted by molar-refractivity contribution is 8.00. The van der Waals surface area contributed by atoms with E-state index < -0.39 is 0 Å². The van der Waals surface area contributed by atoms with Gasteiger partial charge in [0.05, 0.1) is 21.7 Å². The molecular formula is C17H21N3O2S2. The highest BCUT2D eigenvalue weighted by Gasteiger charge is 2.17. The minimum Gasteiger partial charge on any atom is -0.342 e. The van der Waals surface area contributed by atoms with E-state index in [0.29, 0.717) is 5.75 Å². The molecule has 0 radical (unpaired) electrons. The first-order valence-corrected chi connectivity index (χ1v) is 10.2. The SMILES string of the molecule is CCn1c(=NC(=O)CSCC(=O)N2CCCC2)sc2ccccc21. The summed E-state index contributed by atoms with van der Waals surface area (Å²) in [6.07, 6.45) is 2.18. The molecule has 1 saturated heterocycles. The lowest BCUT2D eigenvalue weighted by atomic mass is 10.3. The molecule has 1 aliphatic heterocycles. The highest BCUT2D eigenvalue weighted by Crippen LogP contribution is 2.16. The van der Waals surface area contributed by atoms with Gasteiger partial charge in [0.2, 0.25) is 5.91 Å². The number of amides is 2. The van der Waals surface area contributed by atoms with Crippen LogP contribution in [0.5, 0.6) is 0 Å². The zero-order chi connectivity index (χ0) is 16.9. The quantitative estimate of drug-likeness (QED) is 0.820. The summed E-state index contributed by atoms with van der Waals surface area (Å²) in [5.74, 6) is 0.567. The van der Waals surface area contributed by atoms with Crippen molar-refractivity contribution in [2.45, 2.75) is 26.3 Å². The van der Waals surface area contributed by atoms with Crippen molar-refractivity contribution in [2.24, 2.45) is 4.99 Å². The summed E-state index contributed by atoms with van der Waals surface area (Å²) < 4.78 is 3.18. The Morgan fingerprint density at radius 3 is 2.71 bits per heavy atom. The van der Waals surface area contributed by atoms with Gasteiger partial charge in [0.15, 0.2) is 4.80 Å². The number of aromatic nitrogens is 1. The van der Waals surface area contributed by atoms with Crippen LogP contribution in [0.25, 0.3) is 10.2 Å². The molecular weight excluding hydrogens is 342 g/mol. The largest absolute Gasteiger partial charge is 0.342 e. The number of fused-ring (bicyclic) bond motifs is 1. The fourth-order valence-corrected chi connectivity index (χ4v) is 4.64. The smallest absolute Gasteiger partial charge is 0.258 e. The maximum Gasteiger partial charge on any atom is 0.258 e. The van der Waals surface area contributed by atoms with Crippen molar-refractivity contribution >= 4 is 45.1 Å². The standard InChI is InChI=1S/C17H21N3O2S2/c1-2-20-13-7-3-4-8-14(13)24-17(20)18-15(21)11-23-12-16(22)19-9-5-6-10-19/h3-4,7-8H,2,5-6,9-12H2,1H3. The molecule has 1 aromatic heterocycles. The molecule has 0 unspecified atom stereocenters. The number of carbonyl (C=O) groups excluding carboxylic acids is 2. The topological polar surface area (TPSA) is 54.7 Å². The molecule has 7 heteroatoms. The summed E-state index contributed by atoms with van der Waals surface area (Å²) in [5.41, 5.74) is 1.11. The first-order chi connectivity index (χ1) is 11.7. The minimum absolute atomic E-state index is 0.135. The van der Waals surface area contributed by atoms with Gasteiger partial charge >= 0.3 is 0 Å². The Kier molecular flexibility index (Phi) is 5.73. The number of nitrogens with zero attached hydrogens (tertiary/aromatic N) is 3. The monoisotopic (exact) mass is 363 g/mol. The minimum atomic E-state index is -0.178. The number of aryl methyl sites for hydroxylation is 1. The van der Waals surface area contributed by atoms with E-state index in [1.807, 2.05) is 36.1 Å². The third-order valence-electron chi connectivity index (χ3n) is 4.03. The van der Waals surface area contributed by atoms with Gasteiger partial charge in [-0.15, -0.1) is 11.8 Å². The number of rotatable bonds is 5. The number of likely N-dealkylation sites (tertiary alicyclic amines) is 1. The van der Waals surface area contributed by atoms with E-state index >= 15 is 0 Å². The lowest BCUT2D eigenvalue weighted by Gasteiger charge is -2.14. The fraction of sp³-hybridized carbons (Fsp3) is 0.471. The molecule has 3 rings (SSSR count). The summed E-state index contributed by atoms with van der Waals surface area (Å²) in [7, 11) is 0. The van der Waals surface area contributed by atoms with Crippen molar-refractivity contribution in [3.63, 3.8) is 0 Å². The zero-order valence-corrected chi connectivity index (χ0v) is 15.4. The van der Waals surface area contributed by atoms with E-state index in [1.54, 1.807) is 0 Å². The van der Waals surface area contributed by atoms with E-state index in [-0.39, 0.29) is 17.6 Å². The predicted molar refractivity (Wildman–Crippen MR) is 99.2 cm³/mol. The number of para-hydroxylation sites is 1. The van der Waals surface area contributed by atoms with Crippen molar-refractivity contribution in [2.75, 3.05) is 24.6 Å². The van der Waals surface area contributed by atoms with Gasteiger partial charge in [0.25, 0.3) is 5.91 Å². The first kappa shape index (κ1) is 17.2. The first-order valence-electron chi connectivity index (χ1n) is 8.20. The Bertz CT molecular complexity index is 804. The maximum atomic E-state index is 12.1. The molecule has 2 amide bonds. The number of thiazole rings is 1. The van der Waals surface area contributed by atoms with Gasteiger partial charge in [0.1, 0.15) is 0 Å². The van der Waals surface area contributed by atoms with Crippen LogP contribution in [-0.2, 0) is 16.1 Å². The third kappa shape index (κ3) is 3.89. The normalized spacial score (nSPS) is 15.4. The molecule has 0 bridgehead atoms. The molecule has 24 heavy (non-hydrogen) atoms. The van der Waals surface area contributed by atoms with Gasteiger partial charge in [-0.25, -0.2) is 0 Å². The second-order valence-electron chi connectivity index (χ2n) is 5.68. The lowest BCUT2D eigenvalue weighted by Crippen LogP contribution is -2.29. The molecule has 1 aromatic carbocycles. The van der Waals surface area contributed by atoms with Crippen LogP contribution >= 0.6 is 23.1 Å². The number of hydrogen-bond acceptors (Lipinski definition) is 4. The van der Waals surface area contributed by atoms with E-state index in [2.05, 4.69) is 9.56 Å². The third-order valence-corrected chi connectivity index (χ3v) is 6.00. The molecule has 128 valence electrons.